The van der Waals surface area contributed by atoms with Crippen molar-refractivity contribution in [3.8, 4) is 16.9 Å². The summed E-state index contributed by atoms with van der Waals surface area (Å²) in [5, 5.41) is 0. The summed E-state index contributed by atoms with van der Waals surface area (Å²) < 4.78 is 15.8. The van der Waals surface area contributed by atoms with E-state index in [1.165, 1.54) is 0 Å². The number of hydrogen-bond donors (Lipinski definition) is 1. The Labute approximate surface area is 141 Å². The fourth-order valence-electron chi connectivity index (χ4n) is 2.61. The number of ether oxygens (including phenoxy) is 3. The molecule has 1 fully saturated rings. The number of carbonyl (C=O) groups is 1. The molecule has 6 heteroatoms. The van der Waals surface area contributed by atoms with Crippen LogP contribution in [0.1, 0.15) is 10.5 Å². The Morgan fingerprint density at radius 1 is 1.17 bits per heavy atom. The maximum Gasteiger partial charge on any atom is 0.270 e. The quantitative estimate of drug-likeness (QED) is 0.825. The monoisotopic (exact) mass is 330 g/mol. The maximum atomic E-state index is 12.5. The van der Waals surface area contributed by atoms with Crippen LogP contribution >= 0.6 is 0 Å². The summed E-state index contributed by atoms with van der Waals surface area (Å²) in [6.07, 6.45) is 1.86. The number of nitrogens with zero attached hydrogens (tertiary/aromatic N) is 1. The van der Waals surface area contributed by atoms with E-state index in [9.17, 15) is 4.79 Å². The van der Waals surface area contributed by atoms with Gasteiger partial charge >= 0.3 is 0 Å². The van der Waals surface area contributed by atoms with Crippen molar-refractivity contribution in [1.29, 1.82) is 0 Å². The average Bonchev–Trinajstić information content (AvgIpc) is 3.13. The summed E-state index contributed by atoms with van der Waals surface area (Å²) in [6.45, 7) is 3.57. The van der Waals surface area contributed by atoms with Gasteiger partial charge < -0.3 is 24.1 Å². The van der Waals surface area contributed by atoms with Crippen LogP contribution in [0.25, 0.3) is 11.1 Å². The molecule has 128 valence electrons. The summed E-state index contributed by atoms with van der Waals surface area (Å²) >= 11 is 0. The van der Waals surface area contributed by atoms with E-state index in [0.29, 0.717) is 45.2 Å². The molecular formula is C18H22N2O4. The number of benzene rings is 1. The fraction of sp³-hybridized carbons (Fsp3) is 0.389. The third-order valence-corrected chi connectivity index (χ3v) is 3.96. The van der Waals surface area contributed by atoms with Crippen LogP contribution in [0.3, 0.4) is 0 Å². The smallest absolute Gasteiger partial charge is 0.270 e. The van der Waals surface area contributed by atoms with Crippen LogP contribution in [-0.2, 0) is 9.47 Å². The van der Waals surface area contributed by atoms with Crippen molar-refractivity contribution in [1.82, 2.24) is 9.88 Å². The highest BCUT2D eigenvalue weighted by Gasteiger charge is 2.19. The Hall–Kier alpha value is -2.31. The zero-order valence-corrected chi connectivity index (χ0v) is 13.8. The van der Waals surface area contributed by atoms with Gasteiger partial charge in [-0.05, 0) is 29.3 Å². The van der Waals surface area contributed by atoms with Crippen LogP contribution < -0.4 is 4.74 Å². The Balaban J connectivity index is 1.65. The number of aromatic amines is 1. The van der Waals surface area contributed by atoms with Gasteiger partial charge in [-0.3, -0.25) is 4.79 Å². The van der Waals surface area contributed by atoms with Gasteiger partial charge in [0.15, 0.2) is 0 Å². The highest BCUT2D eigenvalue weighted by molar-refractivity contribution is 5.94. The number of aromatic nitrogens is 1. The van der Waals surface area contributed by atoms with Crippen LogP contribution in [0.15, 0.2) is 36.5 Å². The predicted octanol–water partition coefficient (Wildman–Crippen LogP) is 2.18. The molecule has 1 aliphatic rings. The average molecular weight is 330 g/mol. The molecule has 0 atom stereocenters. The molecular weight excluding hydrogens is 308 g/mol. The molecule has 3 rings (SSSR count). The van der Waals surface area contributed by atoms with Gasteiger partial charge in [-0.25, -0.2) is 0 Å². The molecule has 1 aromatic heterocycles. The molecule has 0 unspecified atom stereocenters. The third-order valence-electron chi connectivity index (χ3n) is 3.96. The number of morpholine rings is 1. The van der Waals surface area contributed by atoms with Crippen LogP contribution in [0.2, 0.25) is 0 Å². The van der Waals surface area contributed by atoms with E-state index >= 15 is 0 Å². The Morgan fingerprint density at radius 2 is 1.92 bits per heavy atom. The minimum absolute atomic E-state index is 0.0177. The fourth-order valence-corrected chi connectivity index (χ4v) is 2.61. The summed E-state index contributed by atoms with van der Waals surface area (Å²) in [5.74, 6) is 0.819. The van der Waals surface area contributed by atoms with Gasteiger partial charge in [0.2, 0.25) is 0 Å². The van der Waals surface area contributed by atoms with Crippen molar-refractivity contribution in [3.63, 3.8) is 0 Å². The first-order valence-electron chi connectivity index (χ1n) is 8.05. The second-order valence-electron chi connectivity index (χ2n) is 5.57. The number of carbonyl (C=O) groups excluding carboxylic acids is 1. The molecule has 2 heterocycles. The van der Waals surface area contributed by atoms with Gasteiger partial charge in [0, 0.05) is 26.4 Å². The Kier molecular flexibility index (Phi) is 5.51. The standard InChI is InChI=1S/C18H22N2O4/c1-22-10-11-24-16-4-2-14(3-5-16)15-12-17(19-13-15)18(21)20-6-8-23-9-7-20/h2-5,12-13,19H,6-11H2,1H3. The lowest BCUT2D eigenvalue weighted by Gasteiger charge is -2.26. The van der Waals surface area contributed by atoms with Crippen LogP contribution in [0.4, 0.5) is 0 Å². The number of rotatable bonds is 6. The molecule has 0 spiro atoms. The normalized spacial score (nSPS) is 14.6. The van der Waals surface area contributed by atoms with E-state index in [-0.39, 0.29) is 5.91 Å². The number of nitrogens with one attached hydrogen (secondary N) is 1. The second-order valence-corrected chi connectivity index (χ2v) is 5.57. The van der Waals surface area contributed by atoms with E-state index in [4.69, 9.17) is 14.2 Å². The molecule has 1 saturated heterocycles. The number of hydrogen-bond acceptors (Lipinski definition) is 4. The van der Waals surface area contributed by atoms with E-state index in [2.05, 4.69) is 4.98 Å². The zero-order chi connectivity index (χ0) is 16.8. The molecule has 1 N–H and O–H groups in total. The van der Waals surface area contributed by atoms with Gasteiger partial charge in [-0.2, -0.15) is 0 Å². The third kappa shape index (κ3) is 3.96. The van der Waals surface area contributed by atoms with Gasteiger partial charge in [-0.15, -0.1) is 0 Å². The van der Waals surface area contributed by atoms with Gasteiger partial charge in [0.05, 0.1) is 19.8 Å². The van der Waals surface area contributed by atoms with Gasteiger partial charge in [0.1, 0.15) is 18.1 Å². The van der Waals surface area contributed by atoms with Gasteiger partial charge in [0.25, 0.3) is 5.91 Å². The molecule has 2 aromatic rings. The minimum atomic E-state index is 0.0177. The topological polar surface area (TPSA) is 63.8 Å². The van der Waals surface area contributed by atoms with E-state index in [1.54, 1.807) is 7.11 Å². The first-order valence-corrected chi connectivity index (χ1v) is 8.05. The largest absolute Gasteiger partial charge is 0.491 e. The van der Waals surface area contributed by atoms with Crippen molar-refractivity contribution >= 4 is 5.91 Å². The van der Waals surface area contributed by atoms with Crippen molar-refractivity contribution in [2.24, 2.45) is 0 Å². The highest BCUT2D eigenvalue weighted by Crippen LogP contribution is 2.23. The van der Waals surface area contributed by atoms with E-state index < -0.39 is 0 Å². The Bertz CT molecular complexity index is 660. The lowest BCUT2D eigenvalue weighted by atomic mass is 10.1. The number of methoxy groups -OCH3 is 1. The maximum absolute atomic E-state index is 12.5. The van der Waals surface area contributed by atoms with Crippen LogP contribution in [0.5, 0.6) is 5.75 Å². The SMILES string of the molecule is COCCOc1ccc(-c2c[nH]c(C(=O)N3CCOCC3)c2)cc1. The summed E-state index contributed by atoms with van der Waals surface area (Å²) in [6, 6.07) is 9.68. The van der Waals surface area contributed by atoms with Crippen molar-refractivity contribution in [2.45, 2.75) is 0 Å². The molecule has 24 heavy (non-hydrogen) atoms. The van der Waals surface area contributed by atoms with E-state index in [1.807, 2.05) is 41.4 Å². The van der Waals surface area contributed by atoms with Crippen molar-refractivity contribution in [2.75, 3.05) is 46.6 Å². The summed E-state index contributed by atoms with van der Waals surface area (Å²) in [4.78, 5) is 17.3. The molecule has 0 aliphatic carbocycles. The molecule has 0 radical (unpaired) electrons. The van der Waals surface area contributed by atoms with Crippen molar-refractivity contribution in [3.05, 3.63) is 42.2 Å². The predicted molar refractivity (Wildman–Crippen MR) is 90.3 cm³/mol. The van der Waals surface area contributed by atoms with E-state index in [0.717, 1.165) is 16.9 Å². The second kappa shape index (κ2) is 7.99. The summed E-state index contributed by atoms with van der Waals surface area (Å²) in [5.41, 5.74) is 2.62. The first-order chi connectivity index (χ1) is 11.8. The molecule has 0 bridgehead atoms. The van der Waals surface area contributed by atoms with Crippen LogP contribution in [-0.4, -0.2) is 62.4 Å². The molecule has 0 saturated carbocycles. The lowest BCUT2D eigenvalue weighted by molar-refractivity contribution is 0.0299. The zero-order valence-electron chi connectivity index (χ0n) is 13.8. The molecule has 1 amide bonds. The minimum Gasteiger partial charge on any atom is -0.491 e. The van der Waals surface area contributed by atoms with Crippen molar-refractivity contribution < 1.29 is 19.0 Å². The van der Waals surface area contributed by atoms with Gasteiger partial charge in [-0.1, -0.05) is 12.1 Å². The van der Waals surface area contributed by atoms with Crippen LogP contribution in [0, 0.1) is 0 Å². The Morgan fingerprint density at radius 3 is 2.62 bits per heavy atom. The highest BCUT2D eigenvalue weighted by atomic mass is 16.5. The first kappa shape index (κ1) is 16.5. The summed E-state index contributed by atoms with van der Waals surface area (Å²) in [7, 11) is 1.65. The lowest BCUT2D eigenvalue weighted by Crippen LogP contribution is -2.40. The number of H-pyrrole nitrogens is 1. The molecule has 1 aromatic carbocycles. The number of amides is 1. The molecule has 1 aliphatic heterocycles. The molecule has 6 nitrogen and oxygen atoms in total.